The number of benzene rings is 1. The van der Waals surface area contributed by atoms with Crippen molar-refractivity contribution in [1.29, 1.82) is 0 Å². The van der Waals surface area contributed by atoms with Crippen LogP contribution in [0.2, 0.25) is 0 Å². The molecular formula is C16H18O7. The fraction of sp³-hybridized carbons (Fsp3) is 0.375. The van der Waals surface area contributed by atoms with E-state index < -0.39 is 23.8 Å². The third-order valence-electron chi connectivity index (χ3n) is 3.20. The maximum atomic E-state index is 12.0. The summed E-state index contributed by atoms with van der Waals surface area (Å²) in [6.07, 6.45) is -0.0395. The predicted molar refractivity (Wildman–Crippen MR) is 79.3 cm³/mol. The van der Waals surface area contributed by atoms with E-state index in [0.29, 0.717) is 0 Å². The summed E-state index contributed by atoms with van der Waals surface area (Å²) in [7, 11) is 0. The van der Waals surface area contributed by atoms with Gasteiger partial charge in [-0.1, -0.05) is 19.1 Å². The van der Waals surface area contributed by atoms with Gasteiger partial charge in [-0.15, -0.1) is 0 Å². The number of hydrogen-bond acceptors (Lipinski definition) is 5. The Morgan fingerprint density at radius 3 is 2.17 bits per heavy atom. The van der Waals surface area contributed by atoms with Gasteiger partial charge >= 0.3 is 17.9 Å². The van der Waals surface area contributed by atoms with Crippen LogP contribution < -0.4 is 0 Å². The number of ether oxygens (including phenoxy) is 1. The zero-order valence-electron chi connectivity index (χ0n) is 12.7. The van der Waals surface area contributed by atoms with Gasteiger partial charge in [0.1, 0.15) is 5.78 Å². The average Bonchev–Trinajstić information content (AvgIpc) is 2.51. The van der Waals surface area contributed by atoms with Gasteiger partial charge in [-0.25, -0.2) is 9.59 Å². The summed E-state index contributed by atoms with van der Waals surface area (Å²) >= 11 is 0. The van der Waals surface area contributed by atoms with Crippen molar-refractivity contribution in [3.63, 3.8) is 0 Å². The van der Waals surface area contributed by atoms with Crippen LogP contribution in [0.15, 0.2) is 24.3 Å². The Morgan fingerprint density at radius 1 is 1.04 bits per heavy atom. The van der Waals surface area contributed by atoms with E-state index >= 15 is 0 Å². The van der Waals surface area contributed by atoms with Crippen molar-refractivity contribution in [3.8, 4) is 0 Å². The summed E-state index contributed by atoms with van der Waals surface area (Å²) in [5.74, 6) is -3.98. The number of carbonyl (C=O) groups excluding carboxylic acids is 2. The summed E-state index contributed by atoms with van der Waals surface area (Å²) < 4.78 is 5.01. The van der Waals surface area contributed by atoms with Crippen LogP contribution >= 0.6 is 0 Å². The summed E-state index contributed by atoms with van der Waals surface area (Å²) in [6.45, 7) is 1.40. The molecule has 7 heteroatoms. The maximum absolute atomic E-state index is 12.0. The molecule has 0 spiro atoms. The number of hydrogen-bond donors (Lipinski definition) is 2. The number of rotatable bonds is 9. The Labute approximate surface area is 132 Å². The van der Waals surface area contributed by atoms with Crippen molar-refractivity contribution in [1.82, 2.24) is 0 Å². The second-order valence-corrected chi connectivity index (χ2v) is 5.01. The van der Waals surface area contributed by atoms with Crippen molar-refractivity contribution in [2.24, 2.45) is 5.92 Å². The van der Waals surface area contributed by atoms with Gasteiger partial charge in [-0.3, -0.25) is 9.59 Å². The van der Waals surface area contributed by atoms with E-state index in [1.807, 2.05) is 0 Å². The first-order chi connectivity index (χ1) is 10.8. The molecule has 0 aliphatic heterocycles. The fourth-order valence-corrected chi connectivity index (χ4v) is 2.02. The van der Waals surface area contributed by atoms with E-state index in [-0.39, 0.29) is 42.8 Å². The Kier molecular flexibility index (Phi) is 6.92. The molecule has 0 fully saturated rings. The topological polar surface area (TPSA) is 118 Å². The molecule has 124 valence electrons. The molecule has 0 aliphatic rings. The lowest BCUT2D eigenvalue weighted by atomic mass is 9.98. The second-order valence-electron chi connectivity index (χ2n) is 5.01. The minimum atomic E-state index is -1.26. The number of aliphatic carboxylic acids is 1. The molecule has 0 heterocycles. The number of Topliss-reactive ketones (excluding diaryl/α,β-unsaturated/α-hetero) is 1. The molecule has 0 aliphatic carbocycles. The van der Waals surface area contributed by atoms with Crippen molar-refractivity contribution < 1.29 is 34.1 Å². The molecule has 0 saturated carbocycles. The Hall–Kier alpha value is -2.70. The van der Waals surface area contributed by atoms with Gasteiger partial charge in [0, 0.05) is 18.8 Å². The smallest absolute Gasteiger partial charge is 0.339 e. The highest BCUT2D eigenvalue weighted by Crippen LogP contribution is 2.15. The molecule has 0 amide bonds. The lowest BCUT2D eigenvalue weighted by Gasteiger charge is -2.14. The molecule has 0 bridgehead atoms. The molecule has 7 nitrogen and oxygen atoms in total. The first-order valence-corrected chi connectivity index (χ1v) is 7.08. The number of carbonyl (C=O) groups is 4. The molecule has 1 aromatic rings. The summed E-state index contributed by atoms with van der Waals surface area (Å²) in [5, 5.41) is 17.9. The monoisotopic (exact) mass is 322 g/mol. The average molecular weight is 322 g/mol. The largest absolute Gasteiger partial charge is 0.481 e. The van der Waals surface area contributed by atoms with Crippen LogP contribution in [0.1, 0.15) is 46.9 Å². The first kappa shape index (κ1) is 18.3. The zero-order valence-corrected chi connectivity index (χ0v) is 12.7. The van der Waals surface area contributed by atoms with Gasteiger partial charge in [0.2, 0.25) is 0 Å². The lowest BCUT2D eigenvalue weighted by Crippen LogP contribution is -2.21. The highest BCUT2D eigenvalue weighted by Gasteiger charge is 2.21. The van der Waals surface area contributed by atoms with Crippen LogP contribution in [0, 0.1) is 5.92 Å². The van der Waals surface area contributed by atoms with Gasteiger partial charge in [0.15, 0.2) is 0 Å². The fourth-order valence-electron chi connectivity index (χ4n) is 2.02. The zero-order chi connectivity index (χ0) is 17.4. The molecule has 1 aromatic carbocycles. The summed E-state index contributed by atoms with van der Waals surface area (Å²) in [5.41, 5.74) is -0.312. The quantitative estimate of drug-likeness (QED) is 0.667. The van der Waals surface area contributed by atoms with Crippen LogP contribution in [0.25, 0.3) is 0 Å². The molecule has 1 unspecified atom stereocenters. The van der Waals surface area contributed by atoms with Gasteiger partial charge in [-0.2, -0.15) is 0 Å². The van der Waals surface area contributed by atoms with Crippen molar-refractivity contribution in [3.05, 3.63) is 35.4 Å². The highest BCUT2D eigenvalue weighted by molar-refractivity contribution is 6.02. The Bertz CT molecular complexity index is 606. The van der Waals surface area contributed by atoms with Crippen LogP contribution in [-0.2, 0) is 14.3 Å². The minimum Gasteiger partial charge on any atom is -0.481 e. The second kappa shape index (κ2) is 8.67. The molecule has 0 radical (unpaired) electrons. The van der Waals surface area contributed by atoms with Crippen LogP contribution in [0.4, 0.5) is 0 Å². The van der Waals surface area contributed by atoms with Crippen molar-refractivity contribution >= 4 is 23.7 Å². The molecule has 0 aromatic heterocycles. The number of ketones is 1. The maximum Gasteiger partial charge on any atom is 0.339 e. The molecule has 1 atom stereocenters. The van der Waals surface area contributed by atoms with E-state index in [9.17, 15) is 19.2 Å². The van der Waals surface area contributed by atoms with Crippen LogP contribution in [0.3, 0.4) is 0 Å². The molecule has 1 rings (SSSR count). The third kappa shape index (κ3) is 5.90. The highest BCUT2D eigenvalue weighted by atomic mass is 16.5. The van der Waals surface area contributed by atoms with Gasteiger partial charge in [0.05, 0.1) is 24.2 Å². The van der Waals surface area contributed by atoms with E-state index in [0.717, 1.165) is 0 Å². The molecule has 0 saturated heterocycles. The number of esters is 1. The standard InChI is InChI=1S/C16H18O7/c1-2-11(17)7-10(8-14(18)19)9-23-16(22)13-6-4-3-5-12(13)15(20)21/h3-6,10H,2,7-9H2,1H3,(H,18,19)(H,20,21). The molecule has 23 heavy (non-hydrogen) atoms. The Morgan fingerprint density at radius 2 is 1.65 bits per heavy atom. The van der Waals surface area contributed by atoms with Gasteiger partial charge in [0.25, 0.3) is 0 Å². The van der Waals surface area contributed by atoms with Crippen LogP contribution in [0.5, 0.6) is 0 Å². The van der Waals surface area contributed by atoms with Crippen LogP contribution in [-0.4, -0.2) is 40.5 Å². The Balaban J connectivity index is 2.77. The normalized spacial score (nSPS) is 11.5. The minimum absolute atomic E-state index is 0.00332. The van der Waals surface area contributed by atoms with E-state index in [1.54, 1.807) is 6.92 Å². The van der Waals surface area contributed by atoms with Gasteiger partial charge in [-0.05, 0) is 12.1 Å². The number of carboxylic acid groups (broad SMARTS) is 2. The lowest BCUT2D eigenvalue weighted by molar-refractivity contribution is -0.138. The SMILES string of the molecule is CCC(=O)CC(COC(=O)c1ccccc1C(=O)O)CC(=O)O. The summed E-state index contributed by atoms with van der Waals surface area (Å²) in [4.78, 5) is 45.3. The summed E-state index contributed by atoms with van der Waals surface area (Å²) in [6, 6.07) is 5.56. The number of aromatic carboxylic acids is 1. The van der Waals surface area contributed by atoms with Crippen molar-refractivity contribution in [2.75, 3.05) is 6.61 Å². The predicted octanol–water partition coefficient (Wildman–Crippen LogP) is 2.00. The van der Waals surface area contributed by atoms with E-state index in [4.69, 9.17) is 14.9 Å². The van der Waals surface area contributed by atoms with Crippen molar-refractivity contribution in [2.45, 2.75) is 26.2 Å². The molecule has 2 N–H and O–H groups in total. The van der Waals surface area contributed by atoms with E-state index in [1.165, 1.54) is 24.3 Å². The third-order valence-corrected chi connectivity index (χ3v) is 3.20. The first-order valence-electron chi connectivity index (χ1n) is 7.08. The van der Waals surface area contributed by atoms with E-state index in [2.05, 4.69) is 0 Å². The van der Waals surface area contributed by atoms with Gasteiger partial charge < -0.3 is 14.9 Å². The number of carboxylic acids is 2. The molecular weight excluding hydrogens is 304 g/mol.